The molecule has 0 amide bonds. The van der Waals surface area contributed by atoms with Gasteiger partial charge in [0, 0.05) is 23.5 Å². The molecule has 2 heterocycles. The van der Waals surface area contributed by atoms with E-state index in [-0.39, 0.29) is 0 Å². The second kappa shape index (κ2) is 5.32. The monoisotopic (exact) mass is 242 g/mol. The molecule has 1 aliphatic rings. The quantitative estimate of drug-likeness (QED) is 0.879. The van der Waals surface area contributed by atoms with Crippen LogP contribution in [0, 0.1) is 5.92 Å². The Hall–Kier alpha value is -0.0600. The first kappa shape index (κ1) is 11.4. The van der Waals surface area contributed by atoms with Crippen molar-refractivity contribution in [2.45, 2.75) is 25.8 Å². The normalized spacial score (nSPS) is 23.2. The summed E-state index contributed by atoms with van der Waals surface area (Å²) in [6.07, 6.45) is 4.60. The van der Waals surface area contributed by atoms with Gasteiger partial charge in [-0.3, -0.25) is 0 Å². The molecule has 1 aromatic heterocycles. The molecule has 1 fully saturated rings. The maximum absolute atomic E-state index is 4.52. The minimum absolute atomic E-state index is 0.439. The summed E-state index contributed by atoms with van der Waals surface area (Å²) in [5.41, 5.74) is 0. The molecular weight excluding hydrogens is 224 g/mol. The summed E-state index contributed by atoms with van der Waals surface area (Å²) in [5, 5.41) is 4.57. The fraction of sp³-hybridized carbons (Fsp3) is 0.727. The van der Waals surface area contributed by atoms with E-state index in [1.54, 1.807) is 0 Å². The Kier molecular flexibility index (Phi) is 4.05. The molecule has 1 aliphatic heterocycles. The minimum Gasteiger partial charge on any atom is -0.312 e. The molecule has 2 rings (SSSR count). The lowest BCUT2D eigenvalue weighted by Gasteiger charge is -2.06. The lowest BCUT2D eigenvalue weighted by atomic mass is 10.1. The Balaban J connectivity index is 1.94. The average molecular weight is 242 g/mol. The standard InChI is InChI=1S/C11H18N2S2/c1-8(12-2)10-6-13-11(15-10)5-9-3-4-14-7-9/h6,8-9,12H,3-5,7H2,1-2H3. The van der Waals surface area contributed by atoms with Gasteiger partial charge in [-0.15, -0.1) is 11.3 Å². The fourth-order valence-corrected chi connectivity index (χ4v) is 4.13. The molecule has 2 unspecified atom stereocenters. The van der Waals surface area contributed by atoms with E-state index < -0.39 is 0 Å². The van der Waals surface area contributed by atoms with Crippen molar-refractivity contribution in [1.82, 2.24) is 10.3 Å². The van der Waals surface area contributed by atoms with E-state index in [9.17, 15) is 0 Å². The zero-order valence-corrected chi connectivity index (χ0v) is 11.0. The zero-order valence-electron chi connectivity index (χ0n) is 9.32. The maximum Gasteiger partial charge on any atom is 0.0931 e. The van der Waals surface area contributed by atoms with Crippen LogP contribution in [0.5, 0.6) is 0 Å². The van der Waals surface area contributed by atoms with Gasteiger partial charge in [-0.2, -0.15) is 11.8 Å². The molecule has 0 spiro atoms. The molecular formula is C11H18N2S2. The first-order valence-corrected chi connectivity index (χ1v) is 7.46. The van der Waals surface area contributed by atoms with Gasteiger partial charge >= 0.3 is 0 Å². The van der Waals surface area contributed by atoms with Crippen LogP contribution < -0.4 is 5.32 Å². The van der Waals surface area contributed by atoms with Crippen molar-refractivity contribution in [3.63, 3.8) is 0 Å². The highest BCUT2D eigenvalue weighted by molar-refractivity contribution is 7.99. The number of hydrogen-bond donors (Lipinski definition) is 1. The van der Waals surface area contributed by atoms with E-state index in [0.717, 1.165) is 5.92 Å². The Morgan fingerprint density at radius 3 is 3.20 bits per heavy atom. The highest BCUT2D eigenvalue weighted by atomic mass is 32.2. The van der Waals surface area contributed by atoms with Gasteiger partial charge in [0.25, 0.3) is 0 Å². The average Bonchev–Trinajstić information content (AvgIpc) is 2.88. The lowest BCUT2D eigenvalue weighted by Crippen LogP contribution is -2.10. The van der Waals surface area contributed by atoms with Crippen molar-refractivity contribution in [1.29, 1.82) is 0 Å². The number of thiazole rings is 1. The molecule has 15 heavy (non-hydrogen) atoms. The molecule has 2 nitrogen and oxygen atoms in total. The first-order valence-electron chi connectivity index (χ1n) is 5.49. The minimum atomic E-state index is 0.439. The van der Waals surface area contributed by atoms with Gasteiger partial charge in [-0.1, -0.05) is 0 Å². The largest absolute Gasteiger partial charge is 0.312 e. The Bertz CT molecular complexity index is 305. The third-order valence-electron chi connectivity index (χ3n) is 2.92. The molecule has 0 aliphatic carbocycles. The number of hydrogen-bond acceptors (Lipinski definition) is 4. The molecule has 0 bridgehead atoms. The number of thioether (sulfide) groups is 1. The van der Waals surface area contributed by atoms with E-state index in [4.69, 9.17) is 0 Å². The van der Waals surface area contributed by atoms with Gasteiger partial charge in [0.05, 0.1) is 5.01 Å². The maximum atomic E-state index is 4.52. The van der Waals surface area contributed by atoms with Gasteiger partial charge < -0.3 is 5.32 Å². The van der Waals surface area contributed by atoms with Crippen LogP contribution in [-0.4, -0.2) is 23.5 Å². The van der Waals surface area contributed by atoms with Crippen LogP contribution in [0.3, 0.4) is 0 Å². The molecule has 2 atom stereocenters. The SMILES string of the molecule is CNC(C)c1cnc(CC2CCSC2)s1. The summed E-state index contributed by atoms with van der Waals surface area (Å²) in [7, 11) is 2.00. The molecule has 0 saturated carbocycles. The van der Waals surface area contributed by atoms with E-state index in [2.05, 4.69) is 29.0 Å². The number of aromatic nitrogens is 1. The topological polar surface area (TPSA) is 24.9 Å². The van der Waals surface area contributed by atoms with Crippen LogP contribution in [-0.2, 0) is 6.42 Å². The van der Waals surface area contributed by atoms with E-state index in [1.165, 1.54) is 34.2 Å². The van der Waals surface area contributed by atoms with Crippen LogP contribution in [0.4, 0.5) is 0 Å². The van der Waals surface area contributed by atoms with Crippen LogP contribution in [0.15, 0.2) is 6.20 Å². The molecule has 1 saturated heterocycles. The fourth-order valence-electron chi connectivity index (χ4n) is 1.75. The van der Waals surface area contributed by atoms with Crippen LogP contribution >= 0.6 is 23.1 Å². The second-order valence-corrected chi connectivity index (χ2v) is 6.40. The van der Waals surface area contributed by atoms with Crippen LogP contribution in [0.1, 0.15) is 29.3 Å². The van der Waals surface area contributed by atoms with Gasteiger partial charge in [0.15, 0.2) is 0 Å². The Labute approximate surface area is 99.9 Å². The number of nitrogens with one attached hydrogen (secondary N) is 1. The summed E-state index contributed by atoms with van der Waals surface area (Å²) >= 11 is 3.95. The summed E-state index contributed by atoms with van der Waals surface area (Å²) in [6, 6.07) is 0.439. The van der Waals surface area contributed by atoms with Crippen molar-refractivity contribution < 1.29 is 0 Å². The van der Waals surface area contributed by atoms with Gasteiger partial charge in [-0.25, -0.2) is 4.98 Å². The predicted octanol–water partition coefficient (Wildman–Crippen LogP) is 2.72. The van der Waals surface area contributed by atoms with E-state index >= 15 is 0 Å². The molecule has 1 aromatic rings. The summed E-state index contributed by atoms with van der Waals surface area (Å²) in [6.45, 7) is 2.18. The van der Waals surface area contributed by atoms with Crippen LogP contribution in [0.25, 0.3) is 0 Å². The Morgan fingerprint density at radius 1 is 1.67 bits per heavy atom. The molecule has 0 radical (unpaired) electrons. The van der Waals surface area contributed by atoms with Crippen LogP contribution in [0.2, 0.25) is 0 Å². The molecule has 4 heteroatoms. The molecule has 84 valence electrons. The summed E-state index contributed by atoms with van der Waals surface area (Å²) < 4.78 is 0. The van der Waals surface area contributed by atoms with Crippen molar-refractivity contribution in [3.8, 4) is 0 Å². The highest BCUT2D eigenvalue weighted by Gasteiger charge is 2.18. The first-order chi connectivity index (χ1) is 7.29. The summed E-state index contributed by atoms with van der Waals surface area (Å²) in [5.74, 6) is 3.55. The second-order valence-electron chi connectivity index (χ2n) is 4.10. The lowest BCUT2D eigenvalue weighted by molar-refractivity contribution is 0.594. The molecule has 1 N–H and O–H groups in total. The third-order valence-corrected chi connectivity index (χ3v) is 5.35. The van der Waals surface area contributed by atoms with Gasteiger partial charge in [-0.05, 0) is 37.8 Å². The smallest absolute Gasteiger partial charge is 0.0931 e. The number of rotatable bonds is 4. The zero-order chi connectivity index (χ0) is 10.7. The van der Waals surface area contributed by atoms with E-state index in [1.807, 2.05) is 24.6 Å². The third kappa shape index (κ3) is 2.95. The van der Waals surface area contributed by atoms with Crippen molar-refractivity contribution in [2.75, 3.05) is 18.6 Å². The summed E-state index contributed by atoms with van der Waals surface area (Å²) in [4.78, 5) is 5.88. The van der Waals surface area contributed by atoms with Gasteiger partial charge in [0.1, 0.15) is 0 Å². The van der Waals surface area contributed by atoms with Crippen molar-refractivity contribution in [3.05, 3.63) is 16.1 Å². The van der Waals surface area contributed by atoms with Gasteiger partial charge in [0.2, 0.25) is 0 Å². The van der Waals surface area contributed by atoms with Crippen molar-refractivity contribution >= 4 is 23.1 Å². The Morgan fingerprint density at radius 2 is 2.53 bits per heavy atom. The predicted molar refractivity (Wildman–Crippen MR) is 68.7 cm³/mol. The highest BCUT2D eigenvalue weighted by Crippen LogP contribution is 2.29. The van der Waals surface area contributed by atoms with E-state index in [0.29, 0.717) is 6.04 Å². The molecule has 0 aromatic carbocycles. The number of nitrogens with zero attached hydrogens (tertiary/aromatic N) is 1. The van der Waals surface area contributed by atoms with Crippen molar-refractivity contribution in [2.24, 2.45) is 5.92 Å².